The zero-order valence-electron chi connectivity index (χ0n) is 15.5. The second-order valence-corrected chi connectivity index (χ2v) is 11.4. The molecule has 2 saturated heterocycles. The number of thioether (sulfide) groups is 1. The van der Waals surface area contributed by atoms with Crippen molar-refractivity contribution in [3.63, 3.8) is 0 Å². The van der Waals surface area contributed by atoms with E-state index in [2.05, 4.69) is 4.99 Å². The fourth-order valence-corrected chi connectivity index (χ4v) is 7.96. The van der Waals surface area contributed by atoms with Crippen LogP contribution in [0, 0.1) is 6.92 Å². The standard InChI is InChI=1S/C20H18Cl2N2O3S2/c1-12-3-2-4-13(7-12)8-19(25)23-20-24(16-9-14(21)5-6-15(16)22)17-10-29(26,27)11-18(17)28-20/h2-7,9,17-18H,8,10-11H2,1H3/t17-,18+/m0/s1. The van der Waals surface area contributed by atoms with Crippen LogP contribution >= 0.6 is 35.0 Å². The number of halogens is 2. The Bertz CT molecular complexity index is 1120. The van der Waals surface area contributed by atoms with Crippen molar-refractivity contribution >= 4 is 61.6 Å². The van der Waals surface area contributed by atoms with Gasteiger partial charge in [-0.15, -0.1) is 0 Å². The molecule has 152 valence electrons. The van der Waals surface area contributed by atoms with E-state index in [1.807, 2.05) is 31.2 Å². The smallest absolute Gasteiger partial charge is 0.252 e. The van der Waals surface area contributed by atoms with Crippen molar-refractivity contribution in [1.29, 1.82) is 0 Å². The Morgan fingerprint density at radius 1 is 1.21 bits per heavy atom. The van der Waals surface area contributed by atoms with Crippen LogP contribution in [-0.4, -0.2) is 42.3 Å². The molecule has 0 spiro atoms. The van der Waals surface area contributed by atoms with Crippen molar-refractivity contribution in [1.82, 2.24) is 0 Å². The van der Waals surface area contributed by atoms with Gasteiger partial charge < -0.3 is 4.90 Å². The molecule has 2 heterocycles. The minimum atomic E-state index is -3.15. The van der Waals surface area contributed by atoms with Gasteiger partial charge in [0.05, 0.1) is 34.7 Å². The van der Waals surface area contributed by atoms with E-state index in [9.17, 15) is 13.2 Å². The lowest BCUT2D eigenvalue weighted by Gasteiger charge is -2.25. The molecule has 4 rings (SSSR count). The quantitative estimate of drug-likeness (QED) is 0.676. The Hall–Kier alpha value is -1.54. The van der Waals surface area contributed by atoms with Crippen molar-refractivity contribution in [3.05, 3.63) is 63.6 Å². The summed E-state index contributed by atoms with van der Waals surface area (Å²) >= 11 is 13.9. The number of aryl methyl sites for hydroxylation is 1. The third-order valence-corrected chi connectivity index (χ3v) is 8.66. The third kappa shape index (κ3) is 4.48. The first-order chi connectivity index (χ1) is 13.7. The van der Waals surface area contributed by atoms with Crippen molar-refractivity contribution in [2.24, 2.45) is 4.99 Å². The SMILES string of the molecule is Cc1cccc(CC(=O)N=C2S[C@@H]3CS(=O)(=O)C[C@@H]3N2c2cc(Cl)ccc2Cl)c1. The Morgan fingerprint density at radius 2 is 2.00 bits per heavy atom. The number of rotatable bonds is 3. The molecule has 9 heteroatoms. The Morgan fingerprint density at radius 3 is 2.76 bits per heavy atom. The van der Waals surface area contributed by atoms with Crippen LogP contribution < -0.4 is 4.90 Å². The summed E-state index contributed by atoms with van der Waals surface area (Å²) in [5.41, 5.74) is 2.53. The molecule has 0 unspecified atom stereocenters. The molecule has 0 aliphatic carbocycles. The molecule has 29 heavy (non-hydrogen) atoms. The summed E-state index contributed by atoms with van der Waals surface area (Å²) in [7, 11) is -3.15. The lowest BCUT2D eigenvalue weighted by Crippen LogP contribution is -2.38. The van der Waals surface area contributed by atoms with Crippen LogP contribution in [0.2, 0.25) is 10.0 Å². The van der Waals surface area contributed by atoms with Crippen LogP contribution in [0.1, 0.15) is 11.1 Å². The number of benzene rings is 2. The fourth-order valence-electron chi connectivity index (χ4n) is 3.66. The molecule has 2 aromatic rings. The summed E-state index contributed by atoms with van der Waals surface area (Å²) in [6.45, 7) is 1.97. The summed E-state index contributed by atoms with van der Waals surface area (Å²) in [5.74, 6) is -0.232. The first kappa shape index (κ1) is 20.7. The summed E-state index contributed by atoms with van der Waals surface area (Å²) in [5, 5.41) is 1.18. The second-order valence-electron chi connectivity index (χ2n) is 7.22. The van der Waals surface area contributed by atoms with E-state index in [0.29, 0.717) is 20.9 Å². The number of anilines is 1. The number of aliphatic imine (C=N–C) groups is 1. The van der Waals surface area contributed by atoms with Gasteiger partial charge in [0, 0.05) is 10.3 Å². The van der Waals surface area contributed by atoms with E-state index in [0.717, 1.165) is 11.1 Å². The predicted octanol–water partition coefficient (Wildman–Crippen LogP) is 4.15. The third-order valence-electron chi connectivity index (χ3n) is 4.89. The maximum Gasteiger partial charge on any atom is 0.252 e. The summed E-state index contributed by atoms with van der Waals surface area (Å²) in [6.07, 6.45) is 0.177. The van der Waals surface area contributed by atoms with Crippen LogP contribution in [0.3, 0.4) is 0 Å². The minimum absolute atomic E-state index is 0.00139. The van der Waals surface area contributed by atoms with Crippen LogP contribution in [0.5, 0.6) is 0 Å². The van der Waals surface area contributed by atoms with Gasteiger partial charge in [0.1, 0.15) is 0 Å². The number of hydrogen-bond donors (Lipinski definition) is 0. The molecule has 2 aliphatic heterocycles. The highest BCUT2D eigenvalue weighted by atomic mass is 35.5. The molecule has 0 N–H and O–H groups in total. The normalized spacial score (nSPS) is 24.1. The van der Waals surface area contributed by atoms with Gasteiger partial charge >= 0.3 is 0 Å². The number of carbonyl (C=O) groups is 1. The van der Waals surface area contributed by atoms with E-state index in [1.54, 1.807) is 23.1 Å². The number of nitrogens with zero attached hydrogens (tertiary/aromatic N) is 2. The summed E-state index contributed by atoms with van der Waals surface area (Å²) < 4.78 is 24.3. The van der Waals surface area contributed by atoms with Gasteiger partial charge in [-0.1, -0.05) is 64.8 Å². The van der Waals surface area contributed by atoms with Gasteiger partial charge in [0.25, 0.3) is 5.91 Å². The Labute approximate surface area is 184 Å². The second kappa shape index (κ2) is 7.95. The van der Waals surface area contributed by atoms with Gasteiger partial charge in [-0.05, 0) is 30.7 Å². The number of fused-ring (bicyclic) bond motifs is 1. The molecular formula is C20H18Cl2N2O3S2. The van der Waals surface area contributed by atoms with Gasteiger partial charge in [-0.2, -0.15) is 4.99 Å². The Kier molecular flexibility index (Phi) is 5.68. The molecule has 0 bridgehead atoms. The molecule has 5 nitrogen and oxygen atoms in total. The van der Waals surface area contributed by atoms with Crippen molar-refractivity contribution in [2.45, 2.75) is 24.6 Å². The molecule has 0 aromatic heterocycles. The largest absolute Gasteiger partial charge is 0.314 e. The first-order valence-electron chi connectivity index (χ1n) is 9.00. The maximum absolute atomic E-state index is 12.7. The average molecular weight is 469 g/mol. The molecule has 2 atom stereocenters. The molecule has 2 fully saturated rings. The predicted molar refractivity (Wildman–Crippen MR) is 120 cm³/mol. The van der Waals surface area contributed by atoms with Crippen LogP contribution in [0.4, 0.5) is 5.69 Å². The van der Waals surface area contributed by atoms with E-state index >= 15 is 0 Å². The molecule has 0 radical (unpaired) electrons. The van der Waals surface area contributed by atoms with E-state index in [-0.39, 0.29) is 35.1 Å². The van der Waals surface area contributed by atoms with Crippen molar-refractivity contribution in [3.8, 4) is 0 Å². The molecule has 2 aliphatic rings. The topological polar surface area (TPSA) is 66.8 Å². The van der Waals surface area contributed by atoms with E-state index < -0.39 is 9.84 Å². The van der Waals surface area contributed by atoms with Crippen LogP contribution in [0.25, 0.3) is 0 Å². The number of hydrogen-bond acceptors (Lipinski definition) is 4. The van der Waals surface area contributed by atoms with Gasteiger partial charge in [0.2, 0.25) is 0 Å². The zero-order valence-corrected chi connectivity index (χ0v) is 18.7. The Balaban J connectivity index is 1.68. The van der Waals surface area contributed by atoms with Crippen molar-refractivity contribution < 1.29 is 13.2 Å². The van der Waals surface area contributed by atoms with Crippen molar-refractivity contribution in [2.75, 3.05) is 16.4 Å². The zero-order chi connectivity index (χ0) is 20.8. The van der Waals surface area contributed by atoms with Crippen LogP contribution in [-0.2, 0) is 21.1 Å². The van der Waals surface area contributed by atoms with Gasteiger partial charge in [-0.3, -0.25) is 4.79 Å². The van der Waals surface area contributed by atoms with Crippen LogP contribution in [0.15, 0.2) is 47.5 Å². The fraction of sp³-hybridized carbons (Fsp3) is 0.300. The van der Waals surface area contributed by atoms with E-state index in [4.69, 9.17) is 23.2 Å². The molecule has 0 saturated carbocycles. The maximum atomic E-state index is 12.7. The highest BCUT2D eigenvalue weighted by molar-refractivity contribution is 8.16. The summed E-state index contributed by atoms with van der Waals surface area (Å²) in [6, 6.07) is 12.4. The number of amides is 1. The molecule has 2 aromatic carbocycles. The average Bonchev–Trinajstić information content (AvgIpc) is 3.08. The van der Waals surface area contributed by atoms with Gasteiger partial charge in [0.15, 0.2) is 15.0 Å². The molecular weight excluding hydrogens is 451 g/mol. The number of sulfone groups is 1. The minimum Gasteiger partial charge on any atom is -0.314 e. The number of amidine groups is 1. The lowest BCUT2D eigenvalue weighted by atomic mass is 10.1. The highest BCUT2D eigenvalue weighted by Gasteiger charge is 2.49. The van der Waals surface area contributed by atoms with E-state index in [1.165, 1.54) is 11.8 Å². The lowest BCUT2D eigenvalue weighted by molar-refractivity contribution is -0.117. The molecule has 1 amide bonds. The summed E-state index contributed by atoms with van der Waals surface area (Å²) in [4.78, 5) is 18.7. The number of carbonyl (C=O) groups excluding carboxylic acids is 1. The van der Waals surface area contributed by atoms with Gasteiger partial charge in [-0.25, -0.2) is 8.42 Å². The highest BCUT2D eigenvalue weighted by Crippen LogP contribution is 2.43. The first-order valence-corrected chi connectivity index (χ1v) is 12.5. The monoisotopic (exact) mass is 468 g/mol.